The first-order valence-electron chi connectivity index (χ1n) is 6.38. The van der Waals surface area contributed by atoms with E-state index in [0.29, 0.717) is 13.1 Å². The van der Waals surface area contributed by atoms with Crippen LogP contribution in [0.4, 0.5) is 23.4 Å². The van der Waals surface area contributed by atoms with Crippen molar-refractivity contribution in [1.82, 2.24) is 15.3 Å². The van der Waals surface area contributed by atoms with Gasteiger partial charge in [0.25, 0.3) is 0 Å². The molecule has 2 aliphatic heterocycles. The molecule has 0 amide bonds. The number of anilines is 1. The predicted octanol–water partition coefficient (Wildman–Crippen LogP) is 1.74. The molecule has 20 heavy (non-hydrogen) atoms. The van der Waals surface area contributed by atoms with Gasteiger partial charge in [-0.1, -0.05) is 0 Å². The SMILES string of the molecule is Cc1nc(C(F)(F)F)nc(N2CC3(CCNC3)C2)c1F. The van der Waals surface area contributed by atoms with Gasteiger partial charge >= 0.3 is 6.18 Å². The normalized spacial score (nSPS) is 21.4. The molecule has 0 saturated carbocycles. The lowest BCUT2D eigenvalue weighted by molar-refractivity contribution is -0.145. The topological polar surface area (TPSA) is 41.1 Å². The van der Waals surface area contributed by atoms with Crippen LogP contribution in [0.2, 0.25) is 0 Å². The summed E-state index contributed by atoms with van der Waals surface area (Å²) >= 11 is 0. The Morgan fingerprint density at radius 3 is 2.50 bits per heavy atom. The summed E-state index contributed by atoms with van der Waals surface area (Å²) in [7, 11) is 0. The Bertz CT molecular complexity index is 529. The lowest BCUT2D eigenvalue weighted by Crippen LogP contribution is -2.58. The van der Waals surface area contributed by atoms with E-state index in [1.54, 1.807) is 4.90 Å². The van der Waals surface area contributed by atoms with Crippen LogP contribution in [0.3, 0.4) is 0 Å². The fourth-order valence-electron chi connectivity index (χ4n) is 2.86. The highest BCUT2D eigenvalue weighted by atomic mass is 19.4. The number of alkyl halides is 3. The molecule has 8 heteroatoms. The third-order valence-corrected chi connectivity index (χ3v) is 3.94. The average Bonchev–Trinajstić information content (AvgIpc) is 2.78. The highest BCUT2D eigenvalue weighted by Gasteiger charge is 2.47. The third-order valence-electron chi connectivity index (χ3n) is 3.94. The Kier molecular flexibility index (Phi) is 2.89. The molecular weight excluding hydrogens is 276 g/mol. The summed E-state index contributed by atoms with van der Waals surface area (Å²) in [6, 6.07) is 0. The quantitative estimate of drug-likeness (QED) is 0.800. The highest BCUT2D eigenvalue weighted by Crippen LogP contribution is 2.40. The number of aromatic nitrogens is 2. The maximum atomic E-state index is 14.0. The van der Waals surface area contributed by atoms with Crippen molar-refractivity contribution in [2.24, 2.45) is 5.41 Å². The van der Waals surface area contributed by atoms with Crippen LogP contribution in [0.15, 0.2) is 0 Å². The van der Waals surface area contributed by atoms with Crippen LogP contribution in [0.1, 0.15) is 17.9 Å². The van der Waals surface area contributed by atoms with Gasteiger partial charge in [-0.3, -0.25) is 0 Å². The number of halogens is 4. The fraction of sp³-hybridized carbons (Fsp3) is 0.667. The van der Waals surface area contributed by atoms with Crippen LogP contribution < -0.4 is 10.2 Å². The molecule has 4 nitrogen and oxygen atoms in total. The van der Waals surface area contributed by atoms with Crippen molar-refractivity contribution in [2.45, 2.75) is 19.5 Å². The van der Waals surface area contributed by atoms with Gasteiger partial charge in [0.2, 0.25) is 5.82 Å². The molecule has 0 aromatic carbocycles. The van der Waals surface area contributed by atoms with Crippen molar-refractivity contribution in [3.63, 3.8) is 0 Å². The molecule has 1 spiro atoms. The molecule has 0 unspecified atom stereocenters. The van der Waals surface area contributed by atoms with E-state index >= 15 is 0 Å². The lowest BCUT2D eigenvalue weighted by atomic mass is 9.79. The first kappa shape index (κ1) is 13.5. The van der Waals surface area contributed by atoms with Crippen LogP contribution >= 0.6 is 0 Å². The van der Waals surface area contributed by atoms with E-state index in [4.69, 9.17) is 0 Å². The molecule has 0 atom stereocenters. The summed E-state index contributed by atoms with van der Waals surface area (Å²) in [5.74, 6) is -2.28. The number of nitrogens with one attached hydrogen (secondary N) is 1. The number of nitrogens with zero attached hydrogens (tertiary/aromatic N) is 3. The van der Waals surface area contributed by atoms with E-state index in [9.17, 15) is 17.6 Å². The Labute approximate surface area is 113 Å². The minimum atomic E-state index is -4.66. The van der Waals surface area contributed by atoms with Crippen molar-refractivity contribution in [1.29, 1.82) is 0 Å². The smallest absolute Gasteiger partial charge is 0.353 e. The lowest BCUT2D eigenvalue weighted by Gasteiger charge is -2.48. The summed E-state index contributed by atoms with van der Waals surface area (Å²) in [5.41, 5.74) is -0.211. The second-order valence-corrected chi connectivity index (χ2v) is 5.55. The number of hydrogen-bond donors (Lipinski definition) is 1. The maximum absolute atomic E-state index is 14.0. The zero-order chi connectivity index (χ0) is 14.5. The molecule has 2 aliphatic rings. The minimum Gasteiger partial charge on any atom is -0.353 e. The predicted molar refractivity (Wildman–Crippen MR) is 63.9 cm³/mol. The first-order valence-corrected chi connectivity index (χ1v) is 6.38. The summed E-state index contributed by atoms with van der Waals surface area (Å²) in [6.45, 7) is 4.01. The molecule has 1 N–H and O–H groups in total. The Morgan fingerprint density at radius 2 is 1.95 bits per heavy atom. The Balaban J connectivity index is 1.88. The average molecular weight is 290 g/mol. The van der Waals surface area contributed by atoms with Crippen molar-refractivity contribution < 1.29 is 17.6 Å². The number of aryl methyl sites for hydroxylation is 1. The maximum Gasteiger partial charge on any atom is 0.451 e. The summed E-state index contributed by atoms with van der Waals surface area (Å²) in [4.78, 5) is 8.12. The molecule has 0 radical (unpaired) electrons. The molecule has 3 heterocycles. The Morgan fingerprint density at radius 1 is 1.25 bits per heavy atom. The van der Waals surface area contributed by atoms with Gasteiger partial charge in [0.15, 0.2) is 11.6 Å². The van der Waals surface area contributed by atoms with E-state index in [0.717, 1.165) is 19.5 Å². The molecule has 0 aliphatic carbocycles. The highest BCUT2D eigenvalue weighted by molar-refractivity contribution is 5.46. The largest absolute Gasteiger partial charge is 0.451 e. The Hall–Kier alpha value is -1.44. The second-order valence-electron chi connectivity index (χ2n) is 5.55. The van der Waals surface area contributed by atoms with Gasteiger partial charge < -0.3 is 10.2 Å². The monoisotopic (exact) mass is 290 g/mol. The van der Waals surface area contributed by atoms with Crippen LogP contribution in [-0.4, -0.2) is 36.1 Å². The van der Waals surface area contributed by atoms with E-state index in [1.807, 2.05) is 0 Å². The number of rotatable bonds is 1. The van der Waals surface area contributed by atoms with Gasteiger partial charge in [0.1, 0.15) is 0 Å². The zero-order valence-corrected chi connectivity index (χ0v) is 10.9. The van der Waals surface area contributed by atoms with E-state index in [2.05, 4.69) is 15.3 Å². The first-order chi connectivity index (χ1) is 9.31. The van der Waals surface area contributed by atoms with E-state index in [1.165, 1.54) is 6.92 Å². The molecule has 2 saturated heterocycles. The summed E-state index contributed by atoms with van der Waals surface area (Å²) in [6.07, 6.45) is -3.70. The van der Waals surface area contributed by atoms with Gasteiger partial charge in [-0.05, 0) is 19.9 Å². The van der Waals surface area contributed by atoms with Crippen LogP contribution in [-0.2, 0) is 6.18 Å². The van der Waals surface area contributed by atoms with Crippen LogP contribution in [0, 0.1) is 18.2 Å². The van der Waals surface area contributed by atoms with Crippen LogP contribution in [0.25, 0.3) is 0 Å². The van der Waals surface area contributed by atoms with Crippen molar-refractivity contribution in [3.8, 4) is 0 Å². The molecule has 0 bridgehead atoms. The van der Waals surface area contributed by atoms with Gasteiger partial charge in [0.05, 0.1) is 5.69 Å². The van der Waals surface area contributed by atoms with Crippen molar-refractivity contribution in [2.75, 3.05) is 31.1 Å². The van der Waals surface area contributed by atoms with Gasteiger partial charge in [-0.15, -0.1) is 0 Å². The summed E-state index contributed by atoms with van der Waals surface area (Å²) in [5, 5.41) is 3.22. The van der Waals surface area contributed by atoms with Crippen molar-refractivity contribution in [3.05, 3.63) is 17.3 Å². The van der Waals surface area contributed by atoms with E-state index < -0.39 is 17.8 Å². The molecule has 2 fully saturated rings. The molecule has 1 aromatic rings. The van der Waals surface area contributed by atoms with Gasteiger partial charge in [0, 0.05) is 25.0 Å². The fourth-order valence-corrected chi connectivity index (χ4v) is 2.86. The van der Waals surface area contributed by atoms with E-state index in [-0.39, 0.29) is 16.9 Å². The molecule has 3 rings (SSSR count). The second kappa shape index (κ2) is 4.28. The standard InChI is InChI=1S/C12H14F4N4/c1-7-8(13)9(19-10(18-7)12(14,15)16)20-5-11(6-20)2-3-17-4-11/h17H,2-6H2,1H3. The molecule has 110 valence electrons. The zero-order valence-electron chi connectivity index (χ0n) is 10.9. The van der Waals surface area contributed by atoms with Gasteiger partial charge in [-0.2, -0.15) is 13.2 Å². The van der Waals surface area contributed by atoms with Gasteiger partial charge in [-0.25, -0.2) is 14.4 Å². The summed E-state index contributed by atoms with van der Waals surface area (Å²) < 4.78 is 52.0. The van der Waals surface area contributed by atoms with Crippen LogP contribution in [0.5, 0.6) is 0 Å². The molecular formula is C12H14F4N4. The third kappa shape index (κ3) is 2.11. The minimum absolute atomic E-state index is 0.0592. The van der Waals surface area contributed by atoms with Crippen molar-refractivity contribution >= 4 is 5.82 Å². The molecule has 1 aromatic heterocycles. The number of hydrogen-bond acceptors (Lipinski definition) is 4.